The molecule has 0 amide bonds. The lowest BCUT2D eigenvalue weighted by molar-refractivity contribution is 1.12. The Kier molecular flexibility index (Phi) is 7.84. The highest BCUT2D eigenvalue weighted by Crippen LogP contribution is 2.23. The van der Waals surface area contributed by atoms with Crippen molar-refractivity contribution in [2.45, 2.75) is 12.8 Å². The zero-order valence-electron chi connectivity index (χ0n) is 11.2. The van der Waals surface area contributed by atoms with Crippen LogP contribution in [-0.4, -0.2) is 11.5 Å². The van der Waals surface area contributed by atoms with Crippen molar-refractivity contribution in [3.8, 4) is 0 Å². The number of rotatable bonds is 6. The van der Waals surface area contributed by atoms with Crippen molar-refractivity contribution in [1.82, 2.24) is 0 Å². The van der Waals surface area contributed by atoms with E-state index in [9.17, 15) is 0 Å². The van der Waals surface area contributed by atoms with Crippen LogP contribution in [0.1, 0.15) is 11.1 Å². The molecule has 0 aliphatic heterocycles. The molecule has 0 aromatic heterocycles. The first-order valence-corrected chi connectivity index (χ1v) is 10.8. The minimum Gasteiger partial charge on any atom is -0.161 e. The van der Waals surface area contributed by atoms with E-state index in [2.05, 4.69) is 100 Å². The van der Waals surface area contributed by atoms with Gasteiger partial charge < -0.3 is 0 Å². The van der Waals surface area contributed by atoms with Gasteiger partial charge in [0.25, 0.3) is 0 Å². The van der Waals surface area contributed by atoms with Gasteiger partial charge in [0.2, 0.25) is 0 Å². The first kappa shape index (κ1) is 18.1. The molecule has 2 aromatic rings. The molecule has 21 heavy (non-hydrogen) atoms. The molecular weight excluding hydrogens is 544 g/mol. The van der Waals surface area contributed by atoms with Gasteiger partial charge in [-0.15, -0.1) is 0 Å². The third-order valence-corrected chi connectivity index (χ3v) is 5.73. The number of hydrogen-bond donors (Lipinski definition) is 0. The van der Waals surface area contributed by atoms with Gasteiger partial charge in [-0.25, -0.2) is 0 Å². The molecule has 0 spiro atoms. The Hall–Kier alpha value is 0.710. The largest absolute Gasteiger partial charge is 0.161 e. The predicted octanol–water partition coefficient (Wildman–Crippen LogP) is 7.26. The lowest BCUT2D eigenvalue weighted by atomic mass is 10.2. The molecule has 112 valence electrons. The van der Waals surface area contributed by atoms with E-state index < -0.39 is 0 Å². The Morgan fingerprint density at radius 3 is 1.24 bits per heavy atom. The molecule has 0 unspecified atom stereocenters. The summed E-state index contributed by atoms with van der Waals surface area (Å²) in [5, 5.41) is 0. The normalized spacial score (nSPS) is 10.9. The zero-order valence-corrected chi connectivity index (χ0v) is 18.4. The second-order valence-corrected chi connectivity index (χ2v) is 9.56. The van der Waals surface area contributed by atoms with E-state index in [4.69, 9.17) is 0 Å². The number of halogens is 4. The van der Waals surface area contributed by atoms with Crippen molar-refractivity contribution in [2.75, 3.05) is 11.5 Å². The molecule has 0 fully saturated rings. The summed E-state index contributed by atoms with van der Waals surface area (Å²) in [7, 11) is 0. The van der Waals surface area contributed by atoms with Gasteiger partial charge in [0, 0.05) is 17.9 Å². The van der Waals surface area contributed by atoms with E-state index in [1.807, 2.05) is 11.8 Å². The summed E-state index contributed by atoms with van der Waals surface area (Å²) in [6.45, 7) is 0. The Morgan fingerprint density at radius 2 is 0.905 bits per heavy atom. The molecule has 0 aliphatic carbocycles. The summed E-state index contributed by atoms with van der Waals surface area (Å²) in [6, 6.07) is 12.9. The third-order valence-electron chi connectivity index (χ3n) is 2.91. The molecule has 0 radical (unpaired) electrons. The van der Waals surface area contributed by atoms with Crippen molar-refractivity contribution in [2.24, 2.45) is 0 Å². The van der Waals surface area contributed by atoms with Crippen molar-refractivity contribution in [1.29, 1.82) is 0 Å². The Balaban J connectivity index is 1.74. The standard InChI is InChI=1S/C16H14Br4S/c17-13-5-11(6-14(18)9-13)1-3-21-4-2-12-7-15(19)10-16(20)8-12/h5-10H,1-4H2. The fourth-order valence-corrected chi connectivity index (χ4v) is 5.73. The predicted molar refractivity (Wildman–Crippen MR) is 108 cm³/mol. The number of benzene rings is 2. The van der Waals surface area contributed by atoms with Crippen LogP contribution in [0, 0.1) is 0 Å². The SMILES string of the molecule is Brc1cc(Br)cc(CCSCCc2cc(Br)cc(Br)c2)c1. The van der Waals surface area contributed by atoms with Gasteiger partial charge in [0.1, 0.15) is 0 Å². The van der Waals surface area contributed by atoms with Gasteiger partial charge in [-0.2, -0.15) is 11.8 Å². The Morgan fingerprint density at radius 1 is 0.571 bits per heavy atom. The van der Waals surface area contributed by atoms with Gasteiger partial charge in [-0.3, -0.25) is 0 Å². The molecule has 0 saturated carbocycles. The second kappa shape index (κ2) is 9.11. The van der Waals surface area contributed by atoms with Crippen LogP contribution >= 0.6 is 75.5 Å². The summed E-state index contributed by atoms with van der Waals surface area (Å²) < 4.78 is 4.54. The van der Waals surface area contributed by atoms with Crippen LogP contribution in [0.2, 0.25) is 0 Å². The quantitative estimate of drug-likeness (QED) is 0.337. The van der Waals surface area contributed by atoms with Crippen LogP contribution in [0.5, 0.6) is 0 Å². The highest BCUT2D eigenvalue weighted by atomic mass is 79.9. The summed E-state index contributed by atoms with van der Waals surface area (Å²) in [5.41, 5.74) is 2.74. The first-order chi connectivity index (χ1) is 10.0. The number of hydrogen-bond acceptors (Lipinski definition) is 1. The highest BCUT2D eigenvalue weighted by Gasteiger charge is 2.00. The molecule has 0 heterocycles. The van der Waals surface area contributed by atoms with E-state index >= 15 is 0 Å². The van der Waals surface area contributed by atoms with Gasteiger partial charge >= 0.3 is 0 Å². The molecule has 2 aromatic carbocycles. The van der Waals surface area contributed by atoms with Gasteiger partial charge in [0.15, 0.2) is 0 Å². The molecule has 0 bridgehead atoms. The fourth-order valence-electron chi connectivity index (χ4n) is 1.99. The Labute approximate surface area is 164 Å². The van der Waals surface area contributed by atoms with Crippen molar-refractivity contribution in [3.05, 3.63) is 65.4 Å². The lowest BCUT2D eigenvalue weighted by Gasteiger charge is -2.05. The van der Waals surface area contributed by atoms with Gasteiger partial charge in [-0.05, 0) is 71.9 Å². The molecule has 0 nitrogen and oxygen atoms in total. The maximum atomic E-state index is 3.53. The maximum Gasteiger partial charge on any atom is 0.0189 e. The van der Waals surface area contributed by atoms with Gasteiger partial charge in [-0.1, -0.05) is 63.7 Å². The highest BCUT2D eigenvalue weighted by molar-refractivity contribution is 9.11. The topological polar surface area (TPSA) is 0 Å². The van der Waals surface area contributed by atoms with Crippen molar-refractivity contribution >= 4 is 75.5 Å². The zero-order chi connectivity index (χ0) is 15.2. The van der Waals surface area contributed by atoms with Crippen LogP contribution in [-0.2, 0) is 12.8 Å². The molecular formula is C16H14Br4S. The maximum absolute atomic E-state index is 3.53. The van der Waals surface area contributed by atoms with Crippen LogP contribution in [0.4, 0.5) is 0 Å². The lowest BCUT2D eigenvalue weighted by Crippen LogP contribution is -1.94. The number of thioether (sulfide) groups is 1. The smallest absolute Gasteiger partial charge is 0.0189 e. The average molecular weight is 558 g/mol. The van der Waals surface area contributed by atoms with Gasteiger partial charge in [0.05, 0.1) is 0 Å². The summed E-state index contributed by atoms with van der Waals surface area (Å²) in [6.07, 6.45) is 2.20. The minimum atomic E-state index is 1.10. The van der Waals surface area contributed by atoms with Crippen molar-refractivity contribution in [3.63, 3.8) is 0 Å². The molecule has 0 aliphatic rings. The van der Waals surface area contributed by atoms with E-state index in [0.29, 0.717) is 0 Å². The van der Waals surface area contributed by atoms with E-state index in [1.54, 1.807) is 0 Å². The molecule has 0 N–H and O–H groups in total. The first-order valence-electron chi connectivity index (χ1n) is 6.50. The summed E-state index contributed by atoms with van der Waals surface area (Å²) in [4.78, 5) is 0. The minimum absolute atomic E-state index is 1.10. The van der Waals surface area contributed by atoms with Crippen LogP contribution in [0.3, 0.4) is 0 Å². The monoisotopic (exact) mass is 554 g/mol. The summed E-state index contributed by atoms with van der Waals surface area (Å²) in [5.74, 6) is 2.30. The van der Waals surface area contributed by atoms with Crippen LogP contribution in [0.25, 0.3) is 0 Å². The van der Waals surface area contributed by atoms with Crippen molar-refractivity contribution < 1.29 is 0 Å². The Bertz CT molecular complexity index is 519. The second-order valence-electron chi connectivity index (χ2n) is 4.67. The number of aryl methyl sites for hydroxylation is 2. The fraction of sp³-hybridized carbons (Fsp3) is 0.250. The molecule has 2 rings (SSSR count). The summed E-state index contributed by atoms with van der Waals surface area (Å²) >= 11 is 16.1. The molecule has 0 saturated heterocycles. The van der Waals surface area contributed by atoms with E-state index in [0.717, 1.165) is 42.2 Å². The molecule has 0 atom stereocenters. The third kappa shape index (κ3) is 6.78. The average Bonchev–Trinajstić information content (AvgIpc) is 2.36. The van der Waals surface area contributed by atoms with Crippen LogP contribution < -0.4 is 0 Å². The van der Waals surface area contributed by atoms with E-state index in [-0.39, 0.29) is 0 Å². The van der Waals surface area contributed by atoms with E-state index in [1.165, 1.54) is 11.1 Å². The van der Waals surface area contributed by atoms with Crippen LogP contribution in [0.15, 0.2) is 54.3 Å². The molecule has 5 heteroatoms.